The topological polar surface area (TPSA) is 90.4 Å². The number of hydrogen-bond donors (Lipinski definition) is 3. The number of nitrogens with zero attached hydrogens (tertiary/aromatic N) is 2. The normalized spacial score (nSPS) is 11.8. The molecule has 3 N–H and O–H groups in total. The smallest absolute Gasteiger partial charge is 0.291 e. The summed E-state index contributed by atoms with van der Waals surface area (Å²) in [6, 6.07) is 6.24. The predicted octanol–water partition coefficient (Wildman–Crippen LogP) is 2.83. The minimum atomic E-state index is -0.440. The molecule has 0 fully saturated rings. The number of nitrogens with one attached hydrogen (secondary N) is 2. The lowest BCUT2D eigenvalue weighted by Crippen LogP contribution is -2.18. The number of phenolic OH excluding ortho intramolecular Hbond substituents is 1. The van der Waals surface area contributed by atoms with Gasteiger partial charge in [-0.25, -0.2) is 5.43 Å². The summed E-state index contributed by atoms with van der Waals surface area (Å²) in [5.41, 5.74) is 3.74. The summed E-state index contributed by atoms with van der Waals surface area (Å²) in [5.74, 6) is -0.415. The van der Waals surface area contributed by atoms with Crippen LogP contribution in [0.3, 0.4) is 0 Å². The molecule has 0 saturated carbocycles. The van der Waals surface area contributed by atoms with Crippen molar-refractivity contribution in [2.45, 2.75) is 26.2 Å². The number of phenols is 1. The minimum Gasteiger partial charge on any atom is -0.507 e. The van der Waals surface area contributed by atoms with Crippen molar-refractivity contribution in [2.24, 2.45) is 5.10 Å². The maximum atomic E-state index is 11.9. The fraction of sp³-hybridized carbons (Fsp3) is 0.267. The van der Waals surface area contributed by atoms with Crippen LogP contribution in [0.1, 0.15) is 42.5 Å². The Morgan fingerprint density at radius 1 is 1.41 bits per heavy atom. The number of aromatic nitrogens is 2. The maximum Gasteiger partial charge on any atom is 0.291 e. The zero-order chi connectivity index (χ0) is 16.3. The van der Waals surface area contributed by atoms with Crippen LogP contribution in [0.2, 0.25) is 5.02 Å². The molecule has 0 saturated heterocycles. The molecule has 1 aromatic heterocycles. The lowest BCUT2D eigenvalue weighted by atomic mass is 9.92. The third kappa shape index (κ3) is 3.85. The zero-order valence-electron chi connectivity index (χ0n) is 12.5. The summed E-state index contributed by atoms with van der Waals surface area (Å²) in [6.45, 7) is 6.05. The Kier molecular flexibility index (Phi) is 4.51. The first-order chi connectivity index (χ1) is 10.3. The second-order valence-corrected chi connectivity index (χ2v) is 6.26. The maximum absolute atomic E-state index is 11.9. The Hall–Kier alpha value is -2.34. The number of hydrogen-bond acceptors (Lipinski definition) is 4. The Morgan fingerprint density at radius 2 is 2.14 bits per heavy atom. The van der Waals surface area contributed by atoms with E-state index < -0.39 is 5.91 Å². The van der Waals surface area contributed by atoms with E-state index in [1.807, 2.05) is 20.8 Å². The van der Waals surface area contributed by atoms with E-state index in [-0.39, 0.29) is 16.9 Å². The van der Waals surface area contributed by atoms with Gasteiger partial charge in [0.25, 0.3) is 5.91 Å². The summed E-state index contributed by atoms with van der Waals surface area (Å²) < 4.78 is 0. The summed E-state index contributed by atoms with van der Waals surface area (Å²) in [5, 5.41) is 20.7. The number of aromatic amines is 1. The van der Waals surface area contributed by atoms with Gasteiger partial charge in [0.1, 0.15) is 5.75 Å². The number of rotatable bonds is 3. The molecule has 22 heavy (non-hydrogen) atoms. The molecule has 116 valence electrons. The molecule has 0 aliphatic carbocycles. The van der Waals surface area contributed by atoms with E-state index in [1.54, 1.807) is 18.2 Å². The van der Waals surface area contributed by atoms with Gasteiger partial charge in [0.15, 0.2) is 5.69 Å². The Morgan fingerprint density at radius 3 is 2.77 bits per heavy atom. The Labute approximate surface area is 133 Å². The van der Waals surface area contributed by atoms with Gasteiger partial charge in [0, 0.05) is 21.7 Å². The van der Waals surface area contributed by atoms with Gasteiger partial charge in [-0.15, -0.1) is 0 Å². The third-order valence-electron chi connectivity index (χ3n) is 2.98. The number of aromatic hydroxyl groups is 1. The molecule has 1 heterocycles. The van der Waals surface area contributed by atoms with Crippen LogP contribution in [0.5, 0.6) is 5.75 Å². The highest BCUT2D eigenvalue weighted by Crippen LogP contribution is 2.20. The van der Waals surface area contributed by atoms with Crippen LogP contribution in [0.15, 0.2) is 29.4 Å². The van der Waals surface area contributed by atoms with Crippen LogP contribution < -0.4 is 5.43 Å². The summed E-state index contributed by atoms with van der Waals surface area (Å²) >= 11 is 5.83. The second-order valence-electron chi connectivity index (χ2n) is 5.82. The molecule has 0 radical (unpaired) electrons. The van der Waals surface area contributed by atoms with Gasteiger partial charge in [-0.1, -0.05) is 32.4 Å². The monoisotopic (exact) mass is 320 g/mol. The van der Waals surface area contributed by atoms with E-state index in [4.69, 9.17) is 11.6 Å². The van der Waals surface area contributed by atoms with E-state index in [0.29, 0.717) is 10.6 Å². The molecule has 6 nitrogen and oxygen atoms in total. The number of halogens is 1. The Balaban J connectivity index is 2.05. The first-order valence-electron chi connectivity index (χ1n) is 6.65. The highest BCUT2D eigenvalue weighted by Gasteiger charge is 2.19. The number of amides is 1. The van der Waals surface area contributed by atoms with Crippen LogP contribution in [0.25, 0.3) is 0 Å². The van der Waals surface area contributed by atoms with E-state index in [1.165, 1.54) is 12.3 Å². The van der Waals surface area contributed by atoms with Crippen LogP contribution in [0.4, 0.5) is 0 Å². The van der Waals surface area contributed by atoms with Crippen LogP contribution in [-0.2, 0) is 5.41 Å². The van der Waals surface area contributed by atoms with E-state index >= 15 is 0 Å². The molecule has 2 aromatic rings. The molecule has 0 aliphatic heterocycles. The van der Waals surface area contributed by atoms with Gasteiger partial charge in [-0.3, -0.25) is 9.89 Å². The first-order valence-corrected chi connectivity index (χ1v) is 7.03. The molecule has 1 amide bonds. The van der Waals surface area contributed by atoms with Crippen molar-refractivity contribution in [2.75, 3.05) is 0 Å². The predicted molar refractivity (Wildman–Crippen MR) is 85.5 cm³/mol. The fourth-order valence-electron chi connectivity index (χ4n) is 1.67. The summed E-state index contributed by atoms with van der Waals surface area (Å²) in [7, 11) is 0. The Bertz CT molecular complexity index is 717. The van der Waals surface area contributed by atoms with Crippen LogP contribution in [-0.4, -0.2) is 27.4 Å². The van der Waals surface area contributed by atoms with Gasteiger partial charge >= 0.3 is 0 Å². The van der Waals surface area contributed by atoms with Crippen molar-refractivity contribution >= 4 is 23.7 Å². The van der Waals surface area contributed by atoms with E-state index in [2.05, 4.69) is 20.7 Å². The molecule has 0 atom stereocenters. The largest absolute Gasteiger partial charge is 0.507 e. The third-order valence-corrected chi connectivity index (χ3v) is 3.21. The number of benzene rings is 1. The molecule has 0 aliphatic rings. The minimum absolute atomic E-state index is 0.0252. The van der Waals surface area contributed by atoms with Crippen molar-refractivity contribution in [3.05, 3.63) is 46.2 Å². The zero-order valence-corrected chi connectivity index (χ0v) is 13.3. The molecule has 0 unspecified atom stereocenters. The van der Waals surface area contributed by atoms with Crippen LogP contribution in [0, 0.1) is 0 Å². The lowest BCUT2D eigenvalue weighted by Gasteiger charge is -2.14. The lowest BCUT2D eigenvalue weighted by molar-refractivity contribution is 0.0950. The van der Waals surface area contributed by atoms with Crippen molar-refractivity contribution < 1.29 is 9.90 Å². The number of hydrazone groups is 1. The number of carbonyl (C=O) groups is 1. The van der Waals surface area contributed by atoms with E-state index in [0.717, 1.165) is 5.69 Å². The van der Waals surface area contributed by atoms with Gasteiger partial charge in [-0.05, 0) is 24.3 Å². The molecule has 2 rings (SSSR count). The van der Waals surface area contributed by atoms with Crippen molar-refractivity contribution in [3.63, 3.8) is 0 Å². The average molecular weight is 321 g/mol. The summed E-state index contributed by atoms with van der Waals surface area (Å²) in [4.78, 5) is 11.9. The highest BCUT2D eigenvalue weighted by molar-refractivity contribution is 6.30. The standard InChI is InChI=1S/C15H17ClN4O2/c1-15(2,3)13-7-11(18-19-13)14(22)20-17-8-9-6-10(16)4-5-12(9)21/h4-8,21H,1-3H3,(H,18,19)(H,20,22). The number of carbonyl (C=O) groups excluding carboxylic acids is 1. The van der Waals surface area contributed by atoms with Gasteiger partial charge in [0.05, 0.1) is 6.21 Å². The molecule has 0 spiro atoms. The van der Waals surface area contributed by atoms with E-state index in [9.17, 15) is 9.90 Å². The molecular formula is C15H17ClN4O2. The average Bonchev–Trinajstić information content (AvgIpc) is 2.92. The first kappa shape index (κ1) is 16.0. The van der Waals surface area contributed by atoms with Gasteiger partial charge < -0.3 is 5.11 Å². The quantitative estimate of drug-likeness (QED) is 0.600. The van der Waals surface area contributed by atoms with Crippen molar-refractivity contribution in [1.82, 2.24) is 15.6 Å². The molecular weight excluding hydrogens is 304 g/mol. The van der Waals surface area contributed by atoms with Gasteiger partial charge in [-0.2, -0.15) is 10.2 Å². The fourth-order valence-corrected chi connectivity index (χ4v) is 1.85. The van der Waals surface area contributed by atoms with Gasteiger partial charge in [0.2, 0.25) is 0 Å². The SMILES string of the molecule is CC(C)(C)c1cc(C(=O)NN=Cc2cc(Cl)ccc2O)n[nH]1. The molecule has 7 heteroatoms. The van der Waals surface area contributed by atoms with Crippen molar-refractivity contribution in [3.8, 4) is 5.75 Å². The van der Waals surface area contributed by atoms with Crippen LogP contribution >= 0.6 is 11.6 Å². The van der Waals surface area contributed by atoms with Crippen molar-refractivity contribution in [1.29, 1.82) is 0 Å². The molecule has 0 bridgehead atoms. The second kappa shape index (κ2) is 6.19. The molecule has 1 aromatic carbocycles. The summed E-state index contributed by atoms with van der Waals surface area (Å²) in [6.07, 6.45) is 1.32. The highest BCUT2D eigenvalue weighted by atomic mass is 35.5. The number of H-pyrrole nitrogens is 1.